The monoisotopic (exact) mass is 182 g/mol. The van der Waals surface area contributed by atoms with Crippen LogP contribution in [0, 0.1) is 0 Å². The highest BCUT2D eigenvalue weighted by molar-refractivity contribution is 7.84. The molecular formula is C6H6N4OS. The van der Waals surface area contributed by atoms with Gasteiger partial charge in [-0.05, 0) is 0 Å². The van der Waals surface area contributed by atoms with Crippen molar-refractivity contribution in [2.24, 2.45) is 0 Å². The van der Waals surface area contributed by atoms with Crippen molar-refractivity contribution < 1.29 is 4.21 Å². The van der Waals surface area contributed by atoms with Crippen LogP contribution in [0.5, 0.6) is 0 Å². The Morgan fingerprint density at radius 2 is 2.33 bits per heavy atom. The van der Waals surface area contributed by atoms with Crippen LogP contribution < -0.4 is 0 Å². The molecule has 0 aromatic carbocycles. The number of aromatic amines is 1. The summed E-state index contributed by atoms with van der Waals surface area (Å²) in [6.45, 7) is 0. The minimum atomic E-state index is -1.09. The van der Waals surface area contributed by atoms with Crippen LogP contribution in [0.15, 0.2) is 17.6 Å². The van der Waals surface area contributed by atoms with E-state index in [0.717, 1.165) is 5.39 Å². The van der Waals surface area contributed by atoms with Gasteiger partial charge in [0.1, 0.15) is 11.4 Å². The van der Waals surface area contributed by atoms with Crippen molar-refractivity contribution >= 4 is 21.8 Å². The van der Waals surface area contributed by atoms with E-state index in [9.17, 15) is 4.21 Å². The van der Waals surface area contributed by atoms with Gasteiger partial charge in [0.2, 0.25) is 0 Å². The fourth-order valence-electron chi connectivity index (χ4n) is 0.972. The highest BCUT2D eigenvalue weighted by atomic mass is 32.2. The Bertz CT molecular complexity index is 438. The molecule has 1 N–H and O–H groups in total. The molecule has 0 radical (unpaired) electrons. The Balaban J connectivity index is 2.82. The zero-order chi connectivity index (χ0) is 8.55. The molecule has 6 heteroatoms. The topological polar surface area (TPSA) is 71.5 Å². The molecule has 62 valence electrons. The zero-order valence-corrected chi connectivity index (χ0v) is 7.13. The van der Waals surface area contributed by atoms with Crippen molar-refractivity contribution in [2.75, 3.05) is 6.26 Å². The number of rotatable bonds is 1. The van der Waals surface area contributed by atoms with Crippen LogP contribution >= 0.6 is 0 Å². The molecule has 0 saturated carbocycles. The molecule has 2 aromatic heterocycles. The number of hydrogen-bond donors (Lipinski definition) is 1. The van der Waals surface area contributed by atoms with E-state index < -0.39 is 10.8 Å². The Labute approximate surface area is 70.7 Å². The molecule has 1 atom stereocenters. The molecule has 5 nitrogen and oxygen atoms in total. The number of hydrogen-bond acceptors (Lipinski definition) is 4. The van der Waals surface area contributed by atoms with Crippen molar-refractivity contribution in [3.05, 3.63) is 12.5 Å². The van der Waals surface area contributed by atoms with Gasteiger partial charge >= 0.3 is 0 Å². The second kappa shape index (κ2) is 2.63. The zero-order valence-electron chi connectivity index (χ0n) is 6.31. The molecule has 0 aliphatic carbocycles. The van der Waals surface area contributed by atoms with Crippen molar-refractivity contribution in [3.63, 3.8) is 0 Å². The normalized spacial score (nSPS) is 13.4. The van der Waals surface area contributed by atoms with Gasteiger partial charge in [-0.3, -0.25) is 9.31 Å². The highest BCUT2D eigenvalue weighted by Crippen LogP contribution is 2.13. The van der Waals surface area contributed by atoms with Crippen LogP contribution in [-0.2, 0) is 10.8 Å². The fraction of sp³-hybridized carbons (Fsp3) is 0.167. The van der Waals surface area contributed by atoms with E-state index in [4.69, 9.17) is 0 Å². The molecule has 0 fully saturated rings. The molecule has 0 amide bonds. The average molecular weight is 182 g/mol. The molecule has 2 aromatic rings. The first kappa shape index (κ1) is 7.35. The Hall–Kier alpha value is -1.30. The first-order chi connectivity index (χ1) is 5.79. The number of nitrogens with one attached hydrogen (secondary N) is 1. The van der Waals surface area contributed by atoms with Gasteiger partial charge in [0.05, 0.1) is 22.4 Å². The second-order valence-corrected chi connectivity index (χ2v) is 3.56. The predicted molar refractivity (Wildman–Crippen MR) is 44.0 cm³/mol. The molecular weight excluding hydrogens is 176 g/mol. The smallest absolute Gasteiger partial charge is 0.159 e. The third-order valence-corrected chi connectivity index (χ3v) is 2.35. The van der Waals surface area contributed by atoms with Gasteiger partial charge in [0, 0.05) is 6.26 Å². The summed E-state index contributed by atoms with van der Waals surface area (Å²) in [5.41, 5.74) is 0.621. The molecule has 1 unspecified atom stereocenters. The van der Waals surface area contributed by atoms with Crippen LogP contribution in [-0.4, -0.2) is 30.6 Å². The maximum Gasteiger partial charge on any atom is 0.159 e. The second-order valence-electron chi connectivity index (χ2n) is 2.27. The summed E-state index contributed by atoms with van der Waals surface area (Å²) in [4.78, 5) is 7.83. The average Bonchev–Trinajstić information content (AvgIpc) is 2.49. The quantitative estimate of drug-likeness (QED) is 0.634. The van der Waals surface area contributed by atoms with Crippen LogP contribution in [0.4, 0.5) is 0 Å². The van der Waals surface area contributed by atoms with Crippen LogP contribution in [0.3, 0.4) is 0 Å². The van der Waals surface area contributed by atoms with Gasteiger partial charge in [0.25, 0.3) is 0 Å². The first-order valence-electron chi connectivity index (χ1n) is 3.26. The summed E-state index contributed by atoms with van der Waals surface area (Å²) in [5, 5.41) is 7.70. The summed E-state index contributed by atoms with van der Waals surface area (Å²) < 4.78 is 11.1. The maximum atomic E-state index is 11.1. The molecule has 2 rings (SSSR count). The first-order valence-corrected chi connectivity index (χ1v) is 4.82. The maximum absolute atomic E-state index is 11.1. The lowest BCUT2D eigenvalue weighted by molar-refractivity contribution is 0.684. The Morgan fingerprint density at radius 1 is 1.50 bits per heavy atom. The largest absolute Gasteiger partial charge is 0.261 e. The molecule has 0 saturated heterocycles. The number of fused-ring (bicyclic) bond motifs is 1. The van der Waals surface area contributed by atoms with Gasteiger partial charge in [0.15, 0.2) is 5.65 Å². The summed E-state index contributed by atoms with van der Waals surface area (Å²) >= 11 is 0. The third-order valence-electron chi connectivity index (χ3n) is 1.48. The molecule has 0 aliphatic heterocycles. The van der Waals surface area contributed by atoms with E-state index in [0.29, 0.717) is 10.7 Å². The minimum Gasteiger partial charge on any atom is -0.261 e. The molecule has 0 spiro atoms. The molecule has 0 bridgehead atoms. The number of H-pyrrole nitrogens is 1. The van der Waals surface area contributed by atoms with Crippen molar-refractivity contribution in [1.29, 1.82) is 0 Å². The summed E-state index contributed by atoms with van der Waals surface area (Å²) in [7, 11) is -1.09. The van der Waals surface area contributed by atoms with E-state index in [-0.39, 0.29) is 0 Å². The summed E-state index contributed by atoms with van der Waals surface area (Å²) in [5.74, 6) is 0. The van der Waals surface area contributed by atoms with Gasteiger partial charge < -0.3 is 0 Å². The van der Waals surface area contributed by atoms with E-state index >= 15 is 0 Å². The highest BCUT2D eigenvalue weighted by Gasteiger charge is 2.07. The SMILES string of the molecule is CS(=O)c1ncnc2[nH]ncc12. The van der Waals surface area contributed by atoms with Crippen molar-refractivity contribution in [1.82, 2.24) is 20.2 Å². The van der Waals surface area contributed by atoms with Crippen molar-refractivity contribution in [3.8, 4) is 0 Å². The Morgan fingerprint density at radius 3 is 3.08 bits per heavy atom. The lowest BCUT2D eigenvalue weighted by atomic mass is 10.4. The van der Waals surface area contributed by atoms with Gasteiger partial charge in [-0.2, -0.15) is 5.10 Å². The van der Waals surface area contributed by atoms with Crippen LogP contribution in [0.2, 0.25) is 0 Å². The molecule has 0 aliphatic rings. The van der Waals surface area contributed by atoms with Crippen LogP contribution in [0.25, 0.3) is 11.0 Å². The van der Waals surface area contributed by atoms with E-state index in [2.05, 4.69) is 20.2 Å². The standard InChI is InChI=1S/C6H6N4OS/c1-12(11)6-4-2-9-10-5(4)7-3-8-6/h2-3H,1H3,(H,7,8,9,10). The minimum absolute atomic E-state index is 0.522. The third kappa shape index (κ3) is 1.00. The van der Waals surface area contributed by atoms with Gasteiger partial charge in [-0.1, -0.05) is 0 Å². The van der Waals surface area contributed by atoms with Crippen molar-refractivity contribution in [2.45, 2.75) is 5.03 Å². The van der Waals surface area contributed by atoms with Gasteiger partial charge in [-0.15, -0.1) is 0 Å². The van der Waals surface area contributed by atoms with Gasteiger partial charge in [-0.25, -0.2) is 9.97 Å². The molecule has 2 heterocycles. The van der Waals surface area contributed by atoms with Crippen LogP contribution in [0.1, 0.15) is 0 Å². The number of nitrogens with zero attached hydrogens (tertiary/aromatic N) is 3. The fourth-order valence-corrected chi connectivity index (χ4v) is 1.63. The summed E-state index contributed by atoms with van der Waals surface area (Å²) in [6.07, 6.45) is 4.53. The number of aromatic nitrogens is 4. The van der Waals surface area contributed by atoms with E-state index in [1.54, 1.807) is 12.5 Å². The molecule has 12 heavy (non-hydrogen) atoms. The lowest BCUT2D eigenvalue weighted by Crippen LogP contribution is -1.93. The predicted octanol–water partition coefficient (Wildman–Crippen LogP) is 0.0903. The lowest BCUT2D eigenvalue weighted by Gasteiger charge is -1.94. The Kier molecular flexibility index (Phi) is 1.61. The van der Waals surface area contributed by atoms with E-state index in [1.165, 1.54) is 6.33 Å². The van der Waals surface area contributed by atoms with E-state index in [1.807, 2.05) is 0 Å². The summed E-state index contributed by atoms with van der Waals surface area (Å²) in [6, 6.07) is 0.